The zero-order valence-corrected chi connectivity index (χ0v) is 14.6. The van der Waals surface area contributed by atoms with Gasteiger partial charge < -0.3 is 14.4 Å². The highest BCUT2D eigenvalue weighted by Crippen LogP contribution is 2.23. The van der Waals surface area contributed by atoms with Crippen molar-refractivity contribution in [3.8, 4) is 5.75 Å². The molecule has 0 spiro atoms. The number of hydrogen-bond donors (Lipinski definition) is 0. The number of methoxy groups -OCH3 is 1. The molecule has 0 N–H and O–H groups in total. The van der Waals surface area contributed by atoms with E-state index in [1.807, 2.05) is 18.2 Å². The Hall–Kier alpha value is -2.63. The third kappa shape index (κ3) is 4.47. The van der Waals surface area contributed by atoms with Gasteiger partial charge in [-0.2, -0.15) is 0 Å². The summed E-state index contributed by atoms with van der Waals surface area (Å²) >= 11 is 0. The summed E-state index contributed by atoms with van der Waals surface area (Å²) in [7, 11) is 1.35. The van der Waals surface area contributed by atoms with E-state index < -0.39 is 5.97 Å². The largest absolute Gasteiger partial charge is 0.493 e. The van der Waals surface area contributed by atoms with Gasteiger partial charge in [-0.05, 0) is 37.5 Å². The topological polar surface area (TPSA) is 64.5 Å². The number of rotatable bonds is 5. The third-order valence-electron chi connectivity index (χ3n) is 4.37. The molecule has 0 amide bonds. The second kappa shape index (κ2) is 7.96. The SMILES string of the molecule is COC(=O)c1cc(N2CCC[C@@H](COc3cccc(C)c3)C2)ncn1. The maximum atomic E-state index is 11.6. The molecule has 0 saturated carbocycles. The second-order valence-electron chi connectivity index (χ2n) is 6.33. The molecular formula is C19H23N3O3. The Morgan fingerprint density at radius 1 is 1.32 bits per heavy atom. The average molecular weight is 341 g/mol. The van der Waals surface area contributed by atoms with Crippen LogP contribution in [0.4, 0.5) is 5.82 Å². The van der Waals surface area contributed by atoms with Crippen molar-refractivity contribution in [1.82, 2.24) is 9.97 Å². The number of piperidine rings is 1. The van der Waals surface area contributed by atoms with E-state index in [0.29, 0.717) is 12.5 Å². The van der Waals surface area contributed by atoms with E-state index in [9.17, 15) is 4.79 Å². The number of esters is 1. The summed E-state index contributed by atoms with van der Waals surface area (Å²) in [5.41, 5.74) is 1.48. The number of carbonyl (C=O) groups is 1. The maximum absolute atomic E-state index is 11.6. The first kappa shape index (κ1) is 17.2. The van der Waals surface area contributed by atoms with Gasteiger partial charge in [-0.15, -0.1) is 0 Å². The van der Waals surface area contributed by atoms with E-state index in [2.05, 4.69) is 27.9 Å². The van der Waals surface area contributed by atoms with Crippen LogP contribution in [0.5, 0.6) is 5.75 Å². The van der Waals surface area contributed by atoms with Crippen molar-refractivity contribution in [2.75, 3.05) is 31.7 Å². The zero-order valence-electron chi connectivity index (χ0n) is 14.6. The van der Waals surface area contributed by atoms with Crippen molar-refractivity contribution in [2.45, 2.75) is 19.8 Å². The smallest absolute Gasteiger partial charge is 0.356 e. The van der Waals surface area contributed by atoms with Crippen LogP contribution in [-0.4, -0.2) is 42.7 Å². The van der Waals surface area contributed by atoms with Crippen LogP contribution in [0.1, 0.15) is 28.9 Å². The molecule has 3 rings (SSSR count). The lowest BCUT2D eigenvalue weighted by Crippen LogP contribution is -2.38. The molecule has 2 heterocycles. The average Bonchev–Trinajstić information content (AvgIpc) is 2.66. The minimum atomic E-state index is -0.444. The van der Waals surface area contributed by atoms with Gasteiger partial charge in [0.15, 0.2) is 5.69 Å². The normalized spacial score (nSPS) is 17.2. The van der Waals surface area contributed by atoms with Crippen LogP contribution < -0.4 is 9.64 Å². The van der Waals surface area contributed by atoms with Gasteiger partial charge in [-0.25, -0.2) is 14.8 Å². The van der Waals surface area contributed by atoms with Crippen molar-refractivity contribution in [3.63, 3.8) is 0 Å². The van der Waals surface area contributed by atoms with Gasteiger partial charge in [0.2, 0.25) is 0 Å². The predicted octanol–water partition coefficient (Wildman–Crippen LogP) is 2.87. The highest BCUT2D eigenvalue weighted by Gasteiger charge is 2.22. The van der Waals surface area contributed by atoms with Crippen LogP contribution in [0.2, 0.25) is 0 Å². The summed E-state index contributed by atoms with van der Waals surface area (Å²) in [6, 6.07) is 9.79. The molecular weight excluding hydrogens is 318 g/mol. The number of aryl methyl sites for hydroxylation is 1. The Morgan fingerprint density at radius 2 is 2.20 bits per heavy atom. The Labute approximate surface area is 147 Å². The number of nitrogens with zero attached hydrogens (tertiary/aromatic N) is 3. The monoisotopic (exact) mass is 341 g/mol. The Bertz CT molecular complexity index is 735. The minimum absolute atomic E-state index is 0.283. The Kier molecular flexibility index (Phi) is 5.48. The standard InChI is InChI=1S/C19H23N3O3/c1-14-5-3-7-16(9-14)25-12-15-6-4-8-22(11-15)18-10-17(19(23)24-2)20-13-21-18/h3,5,7,9-10,13,15H,4,6,8,11-12H2,1-2H3/t15-/m1/s1. The minimum Gasteiger partial charge on any atom is -0.493 e. The first-order valence-corrected chi connectivity index (χ1v) is 8.50. The number of ether oxygens (including phenoxy) is 2. The van der Waals surface area contributed by atoms with Gasteiger partial charge in [0, 0.05) is 25.1 Å². The van der Waals surface area contributed by atoms with Gasteiger partial charge in [-0.1, -0.05) is 12.1 Å². The highest BCUT2D eigenvalue weighted by molar-refractivity contribution is 5.87. The maximum Gasteiger partial charge on any atom is 0.356 e. The lowest BCUT2D eigenvalue weighted by atomic mass is 9.99. The van der Waals surface area contributed by atoms with E-state index >= 15 is 0 Å². The van der Waals surface area contributed by atoms with Crippen LogP contribution in [0.3, 0.4) is 0 Å². The molecule has 1 atom stereocenters. The van der Waals surface area contributed by atoms with Gasteiger partial charge in [0.1, 0.15) is 17.9 Å². The van der Waals surface area contributed by atoms with Crippen molar-refractivity contribution in [1.29, 1.82) is 0 Å². The van der Waals surface area contributed by atoms with E-state index in [4.69, 9.17) is 9.47 Å². The lowest BCUT2D eigenvalue weighted by molar-refractivity contribution is 0.0594. The van der Waals surface area contributed by atoms with Gasteiger partial charge in [0.25, 0.3) is 0 Å². The zero-order chi connectivity index (χ0) is 17.6. The molecule has 0 aliphatic carbocycles. The van der Waals surface area contributed by atoms with Crippen molar-refractivity contribution in [3.05, 3.63) is 47.9 Å². The summed E-state index contributed by atoms with van der Waals surface area (Å²) in [5.74, 6) is 1.65. The van der Waals surface area contributed by atoms with Crippen LogP contribution in [-0.2, 0) is 4.74 Å². The molecule has 0 unspecified atom stereocenters. The summed E-state index contributed by atoms with van der Waals surface area (Å²) in [6.45, 7) is 4.50. The highest BCUT2D eigenvalue weighted by atomic mass is 16.5. The summed E-state index contributed by atoms with van der Waals surface area (Å²) < 4.78 is 10.7. The van der Waals surface area contributed by atoms with Crippen molar-refractivity contribution < 1.29 is 14.3 Å². The van der Waals surface area contributed by atoms with Crippen LogP contribution in [0, 0.1) is 12.8 Å². The first-order valence-electron chi connectivity index (χ1n) is 8.50. The molecule has 1 fully saturated rings. The molecule has 6 nitrogen and oxygen atoms in total. The van der Waals surface area contributed by atoms with E-state index in [1.54, 1.807) is 6.07 Å². The van der Waals surface area contributed by atoms with Gasteiger partial charge in [0.05, 0.1) is 13.7 Å². The molecule has 0 bridgehead atoms. The summed E-state index contributed by atoms with van der Waals surface area (Å²) in [5, 5.41) is 0. The van der Waals surface area contributed by atoms with Crippen molar-refractivity contribution >= 4 is 11.8 Å². The number of benzene rings is 1. The van der Waals surface area contributed by atoms with E-state index in [0.717, 1.165) is 37.5 Å². The molecule has 2 aromatic rings. The van der Waals surface area contributed by atoms with E-state index in [-0.39, 0.29) is 5.69 Å². The molecule has 1 saturated heterocycles. The molecule has 25 heavy (non-hydrogen) atoms. The second-order valence-corrected chi connectivity index (χ2v) is 6.33. The number of aromatic nitrogens is 2. The molecule has 132 valence electrons. The molecule has 1 aliphatic rings. The fraction of sp³-hybridized carbons (Fsp3) is 0.421. The summed E-state index contributed by atoms with van der Waals surface area (Å²) in [6.07, 6.45) is 3.60. The van der Waals surface area contributed by atoms with Gasteiger partial charge in [-0.3, -0.25) is 0 Å². The van der Waals surface area contributed by atoms with Crippen LogP contribution >= 0.6 is 0 Å². The first-order chi connectivity index (χ1) is 12.2. The van der Waals surface area contributed by atoms with Crippen molar-refractivity contribution in [2.24, 2.45) is 5.92 Å². The fourth-order valence-electron chi connectivity index (χ4n) is 3.06. The van der Waals surface area contributed by atoms with Gasteiger partial charge >= 0.3 is 5.97 Å². The molecule has 0 radical (unpaired) electrons. The quantitative estimate of drug-likeness (QED) is 0.779. The third-order valence-corrected chi connectivity index (χ3v) is 4.37. The molecule has 1 aromatic heterocycles. The molecule has 1 aromatic carbocycles. The van der Waals surface area contributed by atoms with E-state index in [1.165, 1.54) is 19.0 Å². The molecule has 1 aliphatic heterocycles. The fourth-order valence-corrected chi connectivity index (χ4v) is 3.06. The number of carbonyl (C=O) groups excluding carboxylic acids is 1. The van der Waals surface area contributed by atoms with Crippen LogP contribution in [0.25, 0.3) is 0 Å². The Balaban J connectivity index is 1.62. The number of anilines is 1. The van der Waals surface area contributed by atoms with Crippen LogP contribution in [0.15, 0.2) is 36.7 Å². The lowest BCUT2D eigenvalue weighted by Gasteiger charge is -2.33. The Morgan fingerprint density at radius 3 is 3.00 bits per heavy atom. The summed E-state index contributed by atoms with van der Waals surface area (Å²) in [4.78, 5) is 22.1. The molecule has 6 heteroatoms. The number of hydrogen-bond acceptors (Lipinski definition) is 6. The predicted molar refractivity (Wildman–Crippen MR) is 95.0 cm³/mol.